The molecular weight excluding hydrogens is 540 g/mol. The monoisotopic (exact) mass is 576 g/mol. The standard InChI is InChI=1S/C40H36N2O2/c1-39(2,3)31-21-11-18-28-29-19-12-22-32(40(4,5)6)36(29)42(35(28)31)33-23-13-20-30-34(33)38(44)41(37(30)43)27-17-10-16-26(24-27)25-14-8-7-9-15-25/h7-24H,1-6H3. The van der Waals surface area contributed by atoms with Crippen molar-refractivity contribution in [2.75, 3.05) is 4.90 Å². The average Bonchev–Trinajstić information content (AvgIpc) is 3.47. The molecule has 218 valence electrons. The molecule has 0 spiro atoms. The average molecular weight is 577 g/mol. The smallest absolute Gasteiger partial charge is 0.268 e. The maximum absolute atomic E-state index is 14.5. The molecule has 0 aliphatic carbocycles. The number of carbonyl (C=O) groups is 2. The van der Waals surface area contributed by atoms with Crippen molar-refractivity contribution >= 4 is 39.3 Å². The van der Waals surface area contributed by atoms with Crippen LogP contribution < -0.4 is 4.90 Å². The molecule has 0 unspecified atom stereocenters. The molecule has 0 saturated heterocycles. The van der Waals surface area contributed by atoms with Gasteiger partial charge in [-0.25, -0.2) is 4.90 Å². The zero-order chi connectivity index (χ0) is 31.0. The lowest BCUT2D eigenvalue weighted by molar-refractivity contribution is 0.0926. The highest BCUT2D eigenvalue weighted by Gasteiger charge is 2.40. The van der Waals surface area contributed by atoms with Crippen molar-refractivity contribution < 1.29 is 9.59 Å². The number of nitrogens with zero attached hydrogens (tertiary/aromatic N) is 2. The van der Waals surface area contributed by atoms with E-state index in [0.717, 1.165) is 38.6 Å². The van der Waals surface area contributed by atoms with Crippen molar-refractivity contribution in [1.82, 2.24) is 4.57 Å². The molecule has 44 heavy (non-hydrogen) atoms. The first-order chi connectivity index (χ1) is 21.0. The normalized spacial score (nSPS) is 13.7. The minimum Gasteiger partial charge on any atom is -0.308 e. The molecule has 0 radical (unpaired) electrons. The summed E-state index contributed by atoms with van der Waals surface area (Å²) in [5, 5.41) is 2.28. The lowest BCUT2D eigenvalue weighted by Crippen LogP contribution is -2.29. The second kappa shape index (κ2) is 9.78. The van der Waals surface area contributed by atoms with Gasteiger partial charge >= 0.3 is 0 Å². The van der Waals surface area contributed by atoms with Gasteiger partial charge in [-0.3, -0.25) is 9.59 Å². The Balaban J connectivity index is 1.52. The Bertz CT molecular complexity index is 2050. The zero-order valence-electron chi connectivity index (χ0n) is 26.1. The van der Waals surface area contributed by atoms with E-state index >= 15 is 0 Å². The van der Waals surface area contributed by atoms with Gasteiger partial charge in [0, 0.05) is 10.8 Å². The van der Waals surface area contributed by atoms with Crippen LogP contribution in [-0.4, -0.2) is 16.4 Å². The van der Waals surface area contributed by atoms with E-state index in [2.05, 4.69) is 82.5 Å². The van der Waals surface area contributed by atoms with E-state index in [4.69, 9.17) is 0 Å². The van der Waals surface area contributed by atoms with Gasteiger partial charge in [0.15, 0.2) is 0 Å². The highest BCUT2D eigenvalue weighted by molar-refractivity contribution is 6.36. The van der Waals surface area contributed by atoms with Gasteiger partial charge in [-0.05, 0) is 57.3 Å². The van der Waals surface area contributed by atoms with Crippen LogP contribution in [0, 0.1) is 0 Å². The number of hydrogen-bond donors (Lipinski definition) is 0. The minimum absolute atomic E-state index is 0.158. The lowest BCUT2D eigenvalue weighted by Gasteiger charge is -2.25. The number of imide groups is 1. The van der Waals surface area contributed by atoms with Crippen LogP contribution in [0.4, 0.5) is 5.69 Å². The Hall–Kier alpha value is -4.96. The molecule has 7 rings (SSSR count). The summed E-state index contributed by atoms with van der Waals surface area (Å²) in [6.07, 6.45) is 0. The van der Waals surface area contributed by atoms with Gasteiger partial charge in [-0.1, -0.05) is 126 Å². The summed E-state index contributed by atoms with van der Waals surface area (Å²) in [6.45, 7) is 13.3. The summed E-state index contributed by atoms with van der Waals surface area (Å²) in [7, 11) is 0. The molecule has 6 aromatic rings. The number of aromatic nitrogens is 1. The first-order valence-electron chi connectivity index (χ1n) is 15.2. The lowest BCUT2D eigenvalue weighted by atomic mass is 9.85. The van der Waals surface area contributed by atoms with Crippen LogP contribution in [0.2, 0.25) is 0 Å². The van der Waals surface area contributed by atoms with Crippen LogP contribution in [0.1, 0.15) is 73.4 Å². The van der Waals surface area contributed by atoms with Gasteiger partial charge in [-0.15, -0.1) is 0 Å². The number of carbonyl (C=O) groups excluding carboxylic acids is 2. The molecule has 1 aliphatic heterocycles. The van der Waals surface area contributed by atoms with Gasteiger partial charge in [0.2, 0.25) is 0 Å². The SMILES string of the molecule is CC(C)(C)c1cccc2c3cccc(C(C)(C)C)c3n(-c3cccc4c3C(=O)N(c3cccc(-c5ccccc5)c3)C4=O)c12. The highest BCUT2D eigenvalue weighted by atomic mass is 16.2. The molecule has 2 amide bonds. The molecule has 4 heteroatoms. The van der Waals surface area contributed by atoms with Gasteiger partial charge in [-0.2, -0.15) is 0 Å². The maximum Gasteiger partial charge on any atom is 0.268 e. The number of para-hydroxylation sites is 2. The summed E-state index contributed by atoms with van der Waals surface area (Å²) < 4.78 is 2.26. The fourth-order valence-corrected chi connectivity index (χ4v) is 6.71. The summed E-state index contributed by atoms with van der Waals surface area (Å²) >= 11 is 0. The van der Waals surface area contributed by atoms with Crippen molar-refractivity contribution in [2.45, 2.75) is 52.4 Å². The third-order valence-corrected chi connectivity index (χ3v) is 8.77. The Morgan fingerprint density at radius 2 is 1.07 bits per heavy atom. The summed E-state index contributed by atoms with van der Waals surface area (Å²) in [5.41, 5.74) is 8.35. The third-order valence-electron chi connectivity index (χ3n) is 8.77. The van der Waals surface area contributed by atoms with E-state index in [-0.39, 0.29) is 22.6 Å². The van der Waals surface area contributed by atoms with Crippen LogP contribution in [0.5, 0.6) is 0 Å². The van der Waals surface area contributed by atoms with Crippen LogP contribution in [0.15, 0.2) is 109 Å². The molecular formula is C40H36N2O2. The van der Waals surface area contributed by atoms with Crippen LogP contribution in [0.3, 0.4) is 0 Å². The fourth-order valence-electron chi connectivity index (χ4n) is 6.71. The van der Waals surface area contributed by atoms with Crippen molar-refractivity contribution in [3.63, 3.8) is 0 Å². The molecule has 2 heterocycles. The van der Waals surface area contributed by atoms with Crippen molar-refractivity contribution in [3.05, 3.63) is 131 Å². The Labute approximate surface area is 258 Å². The van der Waals surface area contributed by atoms with Gasteiger partial charge in [0.25, 0.3) is 11.8 Å². The van der Waals surface area contributed by atoms with Crippen LogP contribution in [0.25, 0.3) is 38.6 Å². The highest BCUT2D eigenvalue weighted by Crippen LogP contribution is 2.44. The summed E-state index contributed by atoms with van der Waals surface area (Å²) in [4.78, 5) is 29.9. The second-order valence-corrected chi connectivity index (χ2v) is 13.8. The van der Waals surface area contributed by atoms with Crippen molar-refractivity contribution in [2.24, 2.45) is 0 Å². The van der Waals surface area contributed by atoms with Crippen molar-refractivity contribution in [1.29, 1.82) is 0 Å². The number of benzene rings is 5. The molecule has 5 aromatic carbocycles. The Morgan fingerprint density at radius 1 is 0.523 bits per heavy atom. The molecule has 1 aromatic heterocycles. The number of rotatable bonds is 3. The third kappa shape index (κ3) is 4.20. The van der Waals surface area contributed by atoms with E-state index in [0.29, 0.717) is 16.8 Å². The zero-order valence-corrected chi connectivity index (χ0v) is 26.1. The first-order valence-corrected chi connectivity index (χ1v) is 15.2. The molecule has 4 nitrogen and oxygen atoms in total. The van der Waals surface area contributed by atoms with Gasteiger partial charge in [0.1, 0.15) is 0 Å². The number of amides is 2. The predicted molar refractivity (Wildman–Crippen MR) is 181 cm³/mol. The first kappa shape index (κ1) is 27.8. The maximum atomic E-state index is 14.5. The topological polar surface area (TPSA) is 42.3 Å². The molecule has 0 bridgehead atoms. The Morgan fingerprint density at radius 3 is 1.66 bits per heavy atom. The predicted octanol–water partition coefficient (Wildman–Crippen LogP) is 9.85. The van der Waals surface area contributed by atoms with E-state index in [1.54, 1.807) is 6.07 Å². The fraction of sp³-hybridized carbons (Fsp3) is 0.200. The molecule has 1 aliphatic rings. The van der Waals surface area contributed by atoms with Crippen molar-refractivity contribution in [3.8, 4) is 16.8 Å². The van der Waals surface area contributed by atoms with E-state index in [1.807, 2.05) is 66.7 Å². The molecule has 0 atom stereocenters. The van der Waals surface area contributed by atoms with Gasteiger partial charge < -0.3 is 4.57 Å². The molecule has 0 fully saturated rings. The van der Waals surface area contributed by atoms with Crippen LogP contribution in [-0.2, 0) is 10.8 Å². The number of hydrogen-bond acceptors (Lipinski definition) is 2. The number of fused-ring (bicyclic) bond motifs is 4. The largest absolute Gasteiger partial charge is 0.308 e. The van der Waals surface area contributed by atoms with Crippen LogP contribution >= 0.6 is 0 Å². The second-order valence-electron chi connectivity index (χ2n) is 13.8. The van der Waals surface area contributed by atoms with E-state index in [9.17, 15) is 9.59 Å². The quantitative estimate of drug-likeness (QED) is 0.197. The minimum atomic E-state index is -0.303. The molecule has 0 N–H and O–H groups in total. The number of anilines is 1. The summed E-state index contributed by atoms with van der Waals surface area (Å²) in [5.74, 6) is -0.604. The van der Waals surface area contributed by atoms with Gasteiger partial charge in [0.05, 0.1) is 33.5 Å². The Kier molecular flexibility index (Phi) is 6.19. The van der Waals surface area contributed by atoms with E-state index < -0.39 is 0 Å². The molecule has 0 saturated carbocycles. The summed E-state index contributed by atoms with van der Waals surface area (Å²) in [6, 6.07) is 36.3. The van der Waals surface area contributed by atoms with E-state index in [1.165, 1.54) is 16.0 Å².